The third-order valence-corrected chi connectivity index (χ3v) is 7.42. The molecule has 4 aromatic rings. The van der Waals surface area contributed by atoms with Gasteiger partial charge in [-0.1, -0.05) is 0 Å². The fraction of sp³-hybridized carbons (Fsp3) is 0.464. The third-order valence-electron chi connectivity index (χ3n) is 7.42. The van der Waals surface area contributed by atoms with Gasteiger partial charge in [-0.05, 0) is 75.0 Å². The number of imidazole rings is 1. The van der Waals surface area contributed by atoms with Crippen LogP contribution in [0.2, 0.25) is 0 Å². The van der Waals surface area contributed by atoms with Gasteiger partial charge < -0.3 is 29.2 Å². The molecule has 1 amide bonds. The van der Waals surface area contributed by atoms with Crippen LogP contribution >= 0.6 is 0 Å². The van der Waals surface area contributed by atoms with Gasteiger partial charge in [0.1, 0.15) is 16.9 Å². The highest BCUT2D eigenvalue weighted by Crippen LogP contribution is 2.37. The van der Waals surface area contributed by atoms with E-state index in [1.54, 1.807) is 13.2 Å². The number of fused-ring (bicyclic) bond motifs is 2. The van der Waals surface area contributed by atoms with E-state index < -0.39 is 0 Å². The van der Waals surface area contributed by atoms with Crippen LogP contribution in [0, 0.1) is 5.92 Å². The third kappa shape index (κ3) is 4.81. The molecule has 4 heterocycles. The van der Waals surface area contributed by atoms with Crippen molar-refractivity contribution in [1.82, 2.24) is 29.7 Å². The maximum absolute atomic E-state index is 13.1. The minimum Gasteiger partial charge on any atom is -0.494 e. The lowest BCUT2D eigenvalue weighted by Crippen LogP contribution is -2.37. The number of nitrogens with one attached hydrogen (secondary N) is 2. The van der Waals surface area contributed by atoms with E-state index in [2.05, 4.69) is 36.9 Å². The number of hydrogen-bond donors (Lipinski definition) is 2. The Labute approximate surface area is 216 Å². The van der Waals surface area contributed by atoms with Gasteiger partial charge in [-0.3, -0.25) is 4.79 Å². The zero-order valence-corrected chi connectivity index (χ0v) is 21.5. The Morgan fingerprint density at radius 3 is 2.97 bits per heavy atom. The standard InChI is InChI=1S/C28H34N6O3/c1-33-25-22(32-27(33)23-14-19-5-3-10-30-26(19)34(23)17-18-6-7-18)13-20(15-24(25)36-2)28(35)31-16-21-8-11-29-9-4-12-37-21/h3,5,10,13-15,18,21,29H,4,6-9,11-12,16-17H2,1-2H3,(H,31,35)/t21-/m0/s1. The summed E-state index contributed by atoms with van der Waals surface area (Å²) in [5, 5.41) is 7.54. The number of ether oxygens (including phenoxy) is 2. The summed E-state index contributed by atoms with van der Waals surface area (Å²) in [5.41, 5.74) is 4.12. The van der Waals surface area contributed by atoms with Crippen LogP contribution in [0.5, 0.6) is 5.75 Å². The highest BCUT2D eigenvalue weighted by atomic mass is 16.5. The van der Waals surface area contributed by atoms with Gasteiger partial charge in [-0.2, -0.15) is 0 Å². The van der Waals surface area contributed by atoms with Crippen LogP contribution in [-0.4, -0.2) is 64.5 Å². The molecule has 9 heteroatoms. The number of methoxy groups -OCH3 is 1. The summed E-state index contributed by atoms with van der Waals surface area (Å²) >= 11 is 0. The summed E-state index contributed by atoms with van der Waals surface area (Å²) in [6, 6.07) is 9.87. The predicted molar refractivity (Wildman–Crippen MR) is 143 cm³/mol. The van der Waals surface area contributed by atoms with Gasteiger partial charge in [-0.15, -0.1) is 0 Å². The van der Waals surface area contributed by atoms with Crippen molar-refractivity contribution in [1.29, 1.82) is 0 Å². The lowest BCUT2D eigenvalue weighted by atomic mass is 10.1. The lowest BCUT2D eigenvalue weighted by molar-refractivity contribution is 0.0382. The highest BCUT2D eigenvalue weighted by Gasteiger charge is 2.26. The monoisotopic (exact) mass is 502 g/mol. The molecular formula is C28H34N6O3. The summed E-state index contributed by atoms with van der Waals surface area (Å²) < 4.78 is 16.0. The van der Waals surface area contributed by atoms with Crippen LogP contribution in [0.25, 0.3) is 33.6 Å². The van der Waals surface area contributed by atoms with Gasteiger partial charge in [0.25, 0.3) is 5.91 Å². The average Bonchev–Trinajstić information content (AvgIpc) is 3.56. The quantitative estimate of drug-likeness (QED) is 0.402. The topological polar surface area (TPSA) is 95.2 Å². The molecule has 0 bridgehead atoms. The molecule has 1 aromatic carbocycles. The van der Waals surface area contributed by atoms with Gasteiger partial charge in [0, 0.05) is 43.9 Å². The Kier molecular flexibility index (Phi) is 6.56. The minimum atomic E-state index is -0.155. The molecule has 0 radical (unpaired) electrons. The maximum Gasteiger partial charge on any atom is 0.251 e. The van der Waals surface area contributed by atoms with Crippen LogP contribution in [0.1, 0.15) is 36.0 Å². The number of nitrogens with zero attached hydrogens (tertiary/aromatic N) is 4. The van der Waals surface area contributed by atoms with Gasteiger partial charge in [0.15, 0.2) is 5.82 Å². The fourth-order valence-electron chi connectivity index (χ4n) is 5.23. The fourth-order valence-corrected chi connectivity index (χ4v) is 5.23. The molecule has 1 saturated carbocycles. The van der Waals surface area contributed by atoms with Crippen LogP contribution in [0.4, 0.5) is 0 Å². The van der Waals surface area contributed by atoms with Crippen molar-refractivity contribution in [2.24, 2.45) is 13.0 Å². The second-order valence-corrected chi connectivity index (χ2v) is 10.1. The van der Waals surface area contributed by atoms with E-state index in [0.717, 1.165) is 66.1 Å². The Bertz CT molecular complexity index is 1430. The molecule has 1 atom stereocenters. The zero-order valence-electron chi connectivity index (χ0n) is 21.5. The molecule has 37 heavy (non-hydrogen) atoms. The molecule has 1 aliphatic heterocycles. The van der Waals surface area contributed by atoms with E-state index in [1.165, 1.54) is 12.8 Å². The SMILES string of the molecule is COc1cc(C(=O)NC[C@@H]2CCNCCCO2)cc2nc(-c3cc4cccnc4n3CC3CC3)n(C)c12. The number of carbonyl (C=O) groups is 1. The zero-order chi connectivity index (χ0) is 25.4. The number of aryl methyl sites for hydroxylation is 1. The minimum absolute atomic E-state index is 0.00539. The number of amides is 1. The molecular weight excluding hydrogens is 468 g/mol. The second-order valence-electron chi connectivity index (χ2n) is 10.1. The van der Waals surface area contributed by atoms with Crippen LogP contribution in [-0.2, 0) is 18.3 Å². The molecule has 2 fully saturated rings. The van der Waals surface area contributed by atoms with Crippen molar-refractivity contribution in [3.05, 3.63) is 42.1 Å². The first-order valence-corrected chi connectivity index (χ1v) is 13.2. The Balaban J connectivity index is 1.33. The highest BCUT2D eigenvalue weighted by molar-refractivity contribution is 6.00. The number of pyridine rings is 1. The van der Waals surface area contributed by atoms with Crippen molar-refractivity contribution >= 4 is 28.0 Å². The van der Waals surface area contributed by atoms with Gasteiger partial charge >= 0.3 is 0 Å². The van der Waals surface area contributed by atoms with Gasteiger partial charge in [0.05, 0.1) is 24.4 Å². The van der Waals surface area contributed by atoms with E-state index in [-0.39, 0.29) is 12.0 Å². The van der Waals surface area contributed by atoms with Crippen molar-refractivity contribution in [2.45, 2.75) is 38.3 Å². The number of rotatable bonds is 7. The normalized spacial score (nSPS) is 18.6. The van der Waals surface area contributed by atoms with E-state index in [4.69, 9.17) is 14.5 Å². The Morgan fingerprint density at radius 2 is 2.14 bits per heavy atom. The van der Waals surface area contributed by atoms with Crippen LogP contribution < -0.4 is 15.4 Å². The summed E-state index contributed by atoms with van der Waals surface area (Å²) in [4.78, 5) is 22.8. The molecule has 1 aliphatic carbocycles. The first-order valence-electron chi connectivity index (χ1n) is 13.2. The molecule has 0 spiro atoms. The van der Waals surface area contributed by atoms with Crippen molar-refractivity contribution in [2.75, 3.05) is 33.4 Å². The number of benzene rings is 1. The van der Waals surface area contributed by atoms with Crippen molar-refractivity contribution < 1.29 is 14.3 Å². The number of carbonyl (C=O) groups excluding carboxylic acids is 1. The van der Waals surface area contributed by atoms with E-state index in [1.807, 2.05) is 25.4 Å². The van der Waals surface area contributed by atoms with E-state index >= 15 is 0 Å². The summed E-state index contributed by atoms with van der Waals surface area (Å²) in [5.74, 6) is 1.99. The summed E-state index contributed by atoms with van der Waals surface area (Å²) in [6.07, 6.45) is 6.21. The van der Waals surface area contributed by atoms with E-state index in [0.29, 0.717) is 30.4 Å². The first kappa shape index (κ1) is 23.9. The first-order chi connectivity index (χ1) is 18.1. The molecule has 9 nitrogen and oxygen atoms in total. The molecule has 3 aromatic heterocycles. The van der Waals surface area contributed by atoms with Gasteiger partial charge in [-0.25, -0.2) is 9.97 Å². The molecule has 6 rings (SSSR count). The number of aromatic nitrogens is 4. The Hall–Kier alpha value is -3.43. The van der Waals surface area contributed by atoms with Crippen LogP contribution in [0.15, 0.2) is 36.5 Å². The summed E-state index contributed by atoms with van der Waals surface area (Å²) in [6.45, 7) is 3.98. The summed E-state index contributed by atoms with van der Waals surface area (Å²) in [7, 11) is 3.63. The van der Waals surface area contributed by atoms with Crippen LogP contribution in [0.3, 0.4) is 0 Å². The average molecular weight is 503 g/mol. The molecule has 194 valence electrons. The predicted octanol–water partition coefficient (Wildman–Crippen LogP) is 3.51. The van der Waals surface area contributed by atoms with Crippen molar-refractivity contribution in [3.8, 4) is 17.3 Å². The van der Waals surface area contributed by atoms with E-state index in [9.17, 15) is 4.79 Å². The molecule has 1 saturated heterocycles. The molecule has 2 N–H and O–H groups in total. The largest absolute Gasteiger partial charge is 0.494 e. The molecule has 0 unspecified atom stereocenters. The van der Waals surface area contributed by atoms with Gasteiger partial charge in [0.2, 0.25) is 0 Å². The smallest absolute Gasteiger partial charge is 0.251 e. The van der Waals surface area contributed by atoms with Crippen molar-refractivity contribution in [3.63, 3.8) is 0 Å². The Morgan fingerprint density at radius 1 is 1.24 bits per heavy atom. The lowest BCUT2D eigenvalue weighted by Gasteiger charge is -2.21. The molecule has 2 aliphatic rings. The maximum atomic E-state index is 13.1. The second kappa shape index (κ2) is 10.1. The number of hydrogen-bond acceptors (Lipinski definition) is 6.